The van der Waals surface area contributed by atoms with Gasteiger partial charge >= 0.3 is 0 Å². The van der Waals surface area contributed by atoms with Gasteiger partial charge in [-0.15, -0.1) is 5.10 Å². The number of nitrogens with zero attached hydrogens (tertiary/aromatic N) is 5. The van der Waals surface area contributed by atoms with Crippen LogP contribution in [0.4, 0.5) is 0 Å². The maximum Gasteiger partial charge on any atom is 0.242 e. The zero-order valence-corrected chi connectivity index (χ0v) is 16.5. The molecule has 0 spiro atoms. The van der Waals surface area contributed by atoms with Crippen molar-refractivity contribution in [2.75, 3.05) is 6.54 Å². The average Bonchev–Trinajstić information content (AvgIpc) is 3.22. The van der Waals surface area contributed by atoms with Crippen molar-refractivity contribution >= 4 is 29.1 Å². The number of hydrogen-bond donors (Lipinski definition) is 1. The zero-order valence-electron chi connectivity index (χ0n) is 14.9. The Balaban J connectivity index is 1.33. The van der Waals surface area contributed by atoms with Gasteiger partial charge in [0.25, 0.3) is 0 Å². The van der Waals surface area contributed by atoms with Gasteiger partial charge in [-0.1, -0.05) is 11.6 Å². The quantitative estimate of drug-likeness (QED) is 0.824. The van der Waals surface area contributed by atoms with Crippen LogP contribution in [-0.4, -0.2) is 37.0 Å². The summed E-state index contributed by atoms with van der Waals surface area (Å²) in [5.41, 5.74) is -0.415. The summed E-state index contributed by atoms with van der Waals surface area (Å²) in [5, 5.41) is 12.6. The normalized spacial score (nSPS) is 34.1. The molecule has 1 amide bonds. The van der Waals surface area contributed by atoms with Crippen LogP contribution in [0, 0.1) is 17.3 Å². The number of carbonyl (C=O) groups is 1. The van der Waals surface area contributed by atoms with Crippen LogP contribution in [0.2, 0.25) is 10.3 Å². The fourth-order valence-electron chi connectivity index (χ4n) is 6.15. The van der Waals surface area contributed by atoms with Gasteiger partial charge < -0.3 is 5.32 Å². The largest absolute Gasteiger partial charge is 0.354 e. The van der Waals surface area contributed by atoms with Crippen molar-refractivity contribution in [2.45, 2.75) is 50.6 Å². The molecule has 2 aromatic rings. The molecule has 4 fully saturated rings. The van der Waals surface area contributed by atoms with E-state index in [-0.39, 0.29) is 22.1 Å². The molecule has 4 saturated carbocycles. The van der Waals surface area contributed by atoms with Crippen molar-refractivity contribution in [3.8, 4) is 0 Å². The lowest BCUT2D eigenvalue weighted by molar-refractivity contribution is -0.156. The van der Waals surface area contributed by atoms with Crippen LogP contribution in [0.5, 0.6) is 0 Å². The molecule has 4 aliphatic rings. The first-order valence-electron chi connectivity index (χ1n) is 9.50. The minimum absolute atomic E-state index is 0.114. The van der Waals surface area contributed by atoms with Crippen LogP contribution in [0.1, 0.15) is 38.5 Å². The SMILES string of the molecule is O=C(NCCn1cc(Cl)cn1)C12CC3CC(C1)CC(n1cnc(Cl)n1)(C3)C2. The first kappa shape index (κ1) is 17.5. The van der Waals surface area contributed by atoms with Crippen molar-refractivity contribution < 1.29 is 4.79 Å². The molecule has 0 aliphatic heterocycles. The standard InChI is InChI=1S/C18H22Cl2N6O/c19-14-8-23-25(9-14)2-1-21-15(27)17-4-12-3-13(5-17)7-18(6-12,10-17)26-11-22-16(20)24-26/h8-9,11-13H,1-7,10H2,(H,21,27). The fourth-order valence-corrected chi connectivity index (χ4v) is 6.43. The summed E-state index contributed by atoms with van der Waals surface area (Å²) in [4.78, 5) is 17.4. The van der Waals surface area contributed by atoms with Crippen LogP contribution in [0.3, 0.4) is 0 Å². The van der Waals surface area contributed by atoms with E-state index in [4.69, 9.17) is 23.2 Å². The summed E-state index contributed by atoms with van der Waals surface area (Å²) in [6, 6.07) is 0. The third-order valence-electron chi connectivity index (χ3n) is 6.69. The molecule has 0 aromatic carbocycles. The molecule has 2 unspecified atom stereocenters. The van der Waals surface area contributed by atoms with Gasteiger partial charge in [0, 0.05) is 12.7 Å². The summed E-state index contributed by atoms with van der Waals surface area (Å²) < 4.78 is 3.70. The Bertz CT molecular complexity index is 863. The van der Waals surface area contributed by atoms with E-state index in [2.05, 4.69) is 20.5 Å². The Morgan fingerprint density at radius 1 is 1.26 bits per heavy atom. The summed E-state index contributed by atoms with van der Waals surface area (Å²) in [5.74, 6) is 1.32. The minimum Gasteiger partial charge on any atom is -0.354 e. The van der Waals surface area contributed by atoms with Gasteiger partial charge in [-0.3, -0.25) is 9.48 Å². The van der Waals surface area contributed by atoms with E-state index in [1.54, 1.807) is 23.4 Å². The lowest BCUT2D eigenvalue weighted by Crippen LogP contribution is -2.61. The Morgan fingerprint density at radius 2 is 2.04 bits per heavy atom. The number of nitrogens with one attached hydrogen (secondary N) is 1. The molecule has 7 nitrogen and oxygen atoms in total. The van der Waals surface area contributed by atoms with Gasteiger partial charge in [0.1, 0.15) is 6.33 Å². The van der Waals surface area contributed by atoms with Crippen LogP contribution >= 0.6 is 23.2 Å². The van der Waals surface area contributed by atoms with Crippen molar-refractivity contribution in [3.63, 3.8) is 0 Å². The predicted octanol–water partition coefficient (Wildman–Crippen LogP) is 2.89. The molecule has 2 aromatic heterocycles. The lowest BCUT2D eigenvalue weighted by Gasteiger charge is -2.60. The first-order chi connectivity index (χ1) is 13.0. The molecule has 4 aliphatic carbocycles. The third kappa shape index (κ3) is 2.95. The fraction of sp³-hybridized carbons (Fsp3) is 0.667. The Hall–Kier alpha value is -1.60. The number of amides is 1. The second kappa shape index (κ2) is 6.21. The second-order valence-electron chi connectivity index (χ2n) is 8.60. The van der Waals surface area contributed by atoms with Gasteiger partial charge in [0.2, 0.25) is 11.2 Å². The maximum absolute atomic E-state index is 13.2. The van der Waals surface area contributed by atoms with E-state index in [0.717, 1.165) is 32.1 Å². The van der Waals surface area contributed by atoms with Gasteiger partial charge in [0.15, 0.2) is 0 Å². The molecular weight excluding hydrogens is 387 g/mol. The number of aromatic nitrogens is 5. The molecule has 6 rings (SSSR count). The van der Waals surface area contributed by atoms with Crippen LogP contribution in [-0.2, 0) is 16.9 Å². The van der Waals surface area contributed by atoms with E-state index in [9.17, 15) is 4.79 Å². The molecular formula is C18H22Cl2N6O. The van der Waals surface area contributed by atoms with E-state index in [1.165, 1.54) is 6.42 Å². The van der Waals surface area contributed by atoms with Gasteiger partial charge in [-0.2, -0.15) is 5.10 Å². The van der Waals surface area contributed by atoms with E-state index in [1.807, 2.05) is 4.68 Å². The monoisotopic (exact) mass is 408 g/mol. The number of hydrogen-bond acceptors (Lipinski definition) is 4. The number of halogens is 2. The molecule has 0 radical (unpaired) electrons. The summed E-state index contributed by atoms with van der Waals surface area (Å²) in [6.45, 7) is 1.17. The molecule has 4 bridgehead atoms. The van der Waals surface area contributed by atoms with Gasteiger partial charge in [0.05, 0.1) is 28.7 Å². The summed E-state index contributed by atoms with van der Waals surface area (Å²) >= 11 is 11.9. The first-order valence-corrected chi connectivity index (χ1v) is 10.3. The Kier molecular flexibility index (Phi) is 4.02. The zero-order chi connectivity index (χ0) is 18.6. The molecule has 2 atom stereocenters. The van der Waals surface area contributed by atoms with Crippen molar-refractivity contribution in [3.05, 3.63) is 29.0 Å². The minimum atomic E-state index is -0.301. The average molecular weight is 409 g/mol. The highest BCUT2D eigenvalue weighted by Gasteiger charge is 2.61. The van der Waals surface area contributed by atoms with E-state index < -0.39 is 0 Å². The summed E-state index contributed by atoms with van der Waals surface area (Å²) in [6.07, 6.45) is 11.3. The molecule has 27 heavy (non-hydrogen) atoms. The van der Waals surface area contributed by atoms with Crippen LogP contribution in [0.25, 0.3) is 0 Å². The topological polar surface area (TPSA) is 77.6 Å². The van der Waals surface area contributed by atoms with Gasteiger partial charge in [-0.25, -0.2) is 9.67 Å². The smallest absolute Gasteiger partial charge is 0.242 e. The molecule has 1 N–H and O–H groups in total. The lowest BCUT2D eigenvalue weighted by atomic mass is 9.46. The van der Waals surface area contributed by atoms with Crippen molar-refractivity contribution in [1.29, 1.82) is 0 Å². The second-order valence-corrected chi connectivity index (χ2v) is 9.38. The molecule has 2 heterocycles. The van der Waals surface area contributed by atoms with Crippen LogP contribution in [0.15, 0.2) is 18.7 Å². The number of rotatable bonds is 5. The van der Waals surface area contributed by atoms with Gasteiger partial charge in [-0.05, 0) is 62.0 Å². The van der Waals surface area contributed by atoms with Crippen molar-refractivity contribution in [1.82, 2.24) is 29.9 Å². The summed E-state index contributed by atoms with van der Waals surface area (Å²) in [7, 11) is 0. The number of carbonyl (C=O) groups excluding carboxylic acids is 1. The van der Waals surface area contributed by atoms with E-state index >= 15 is 0 Å². The highest BCUT2D eigenvalue weighted by Crippen LogP contribution is 2.64. The van der Waals surface area contributed by atoms with Crippen LogP contribution < -0.4 is 5.32 Å². The molecule has 144 valence electrons. The van der Waals surface area contributed by atoms with E-state index in [0.29, 0.717) is 29.9 Å². The molecule has 9 heteroatoms. The highest BCUT2D eigenvalue weighted by molar-refractivity contribution is 6.30. The Morgan fingerprint density at radius 3 is 2.67 bits per heavy atom. The highest BCUT2D eigenvalue weighted by atomic mass is 35.5. The van der Waals surface area contributed by atoms with Crippen molar-refractivity contribution in [2.24, 2.45) is 17.3 Å². The molecule has 0 saturated heterocycles. The Labute approximate surface area is 167 Å². The maximum atomic E-state index is 13.2. The third-order valence-corrected chi connectivity index (χ3v) is 7.06. The predicted molar refractivity (Wildman–Crippen MR) is 100 cm³/mol.